The van der Waals surface area contributed by atoms with Gasteiger partial charge in [0, 0.05) is 22.7 Å². The molecule has 3 fully saturated rings. The van der Waals surface area contributed by atoms with Crippen LogP contribution in [-0.4, -0.2) is 59.8 Å². The Bertz CT molecular complexity index is 1170. The van der Waals surface area contributed by atoms with Crippen LogP contribution in [0, 0.1) is 45.3 Å². The van der Waals surface area contributed by atoms with Gasteiger partial charge in [0.25, 0.3) is 0 Å². The Balaban J connectivity index is 1.80. The number of aliphatic hydroxyl groups is 1. The molecule has 0 heterocycles. The zero-order valence-corrected chi connectivity index (χ0v) is 23.3. The summed E-state index contributed by atoms with van der Waals surface area (Å²) in [7, 11) is 0. The van der Waals surface area contributed by atoms with Crippen molar-refractivity contribution in [1.29, 1.82) is 5.26 Å². The third kappa shape index (κ3) is 4.11. The molecule has 9 atom stereocenters. The first kappa shape index (κ1) is 29.2. The van der Waals surface area contributed by atoms with E-state index < -0.39 is 82.1 Å². The van der Waals surface area contributed by atoms with E-state index in [2.05, 4.69) is 0 Å². The number of nitrogens with zero attached hydrogens (tertiary/aromatic N) is 1. The van der Waals surface area contributed by atoms with Crippen molar-refractivity contribution in [2.45, 2.75) is 84.4 Å². The smallest absolute Gasteiger partial charge is 0.447 e. The fraction of sp³-hybridized carbons (Fsp3) is 0.724. The number of hydrogen-bond acceptors (Lipinski definition) is 8. The second-order valence-electron chi connectivity index (χ2n) is 13.2. The van der Waals surface area contributed by atoms with Gasteiger partial charge in [-0.2, -0.15) is 5.26 Å². The van der Waals surface area contributed by atoms with E-state index >= 15 is 8.78 Å². The van der Waals surface area contributed by atoms with Gasteiger partial charge in [0.15, 0.2) is 18.1 Å². The number of allylic oxidation sites excluding steroid dienone is 4. The summed E-state index contributed by atoms with van der Waals surface area (Å²) in [6.07, 6.45) is -1.32. The minimum atomic E-state index is -2.36. The highest BCUT2D eigenvalue weighted by Crippen LogP contribution is 2.71. The van der Waals surface area contributed by atoms with E-state index in [9.17, 15) is 19.5 Å². The van der Waals surface area contributed by atoms with Gasteiger partial charge in [-0.25, -0.2) is 18.4 Å². The van der Waals surface area contributed by atoms with E-state index in [0.29, 0.717) is 0 Å². The van der Waals surface area contributed by atoms with Crippen LogP contribution >= 0.6 is 0 Å². The predicted molar refractivity (Wildman–Crippen MR) is 134 cm³/mol. The highest BCUT2D eigenvalue weighted by molar-refractivity contribution is 6.01. The number of carbonyl (C=O) groups excluding carboxylic acids is 3. The van der Waals surface area contributed by atoms with Gasteiger partial charge in [-0.3, -0.25) is 4.79 Å². The van der Waals surface area contributed by atoms with Gasteiger partial charge in [0.05, 0.1) is 12.7 Å². The number of ether oxygens (including phenoxy) is 3. The fourth-order valence-electron chi connectivity index (χ4n) is 7.86. The molecule has 3 saturated carbocycles. The molecule has 0 amide bonds. The Hall–Kier alpha value is -2.80. The second kappa shape index (κ2) is 9.39. The van der Waals surface area contributed by atoms with Crippen molar-refractivity contribution < 1.29 is 42.5 Å². The lowest BCUT2D eigenvalue weighted by atomic mass is 9.44. The number of fused-ring (bicyclic) bond motifs is 5. The van der Waals surface area contributed by atoms with Crippen molar-refractivity contribution in [3.63, 3.8) is 0 Å². The molecular formula is C29H37F2NO7. The van der Waals surface area contributed by atoms with Crippen LogP contribution in [0.5, 0.6) is 0 Å². The zero-order valence-electron chi connectivity index (χ0n) is 23.3. The summed E-state index contributed by atoms with van der Waals surface area (Å²) in [6, 6.07) is 1.73. The molecule has 0 aliphatic heterocycles. The number of alkyl halides is 2. The number of carbonyl (C=O) groups is 3. The Morgan fingerprint density at radius 2 is 1.87 bits per heavy atom. The molecule has 0 unspecified atom stereocenters. The Morgan fingerprint density at radius 1 is 1.21 bits per heavy atom. The van der Waals surface area contributed by atoms with Crippen LogP contribution in [0.1, 0.15) is 60.8 Å². The van der Waals surface area contributed by atoms with E-state index in [-0.39, 0.29) is 31.4 Å². The van der Waals surface area contributed by atoms with E-state index in [1.807, 2.05) is 20.8 Å². The summed E-state index contributed by atoms with van der Waals surface area (Å²) >= 11 is 0. The third-order valence-electron chi connectivity index (χ3n) is 9.61. The maximum Gasteiger partial charge on any atom is 0.509 e. The second-order valence-corrected chi connectivity index (χ2v) is 13.2. The molecular weight excluding hydrogens is 512 g/mol. The molecule has 39 heavy (non-hydrogen) atoms. The Labute approximate surface area is 227 Å². The molecule has 0 radical (unpaired) electrons. The Morgan fingerprint density at radius 3 is 2.49 bits per heavy atom. The highest BCUT2D eigenvalue weighted by atomic mass is 19.1. The van der Waals surface area contributed by atoms with Gasteiger partial charge in [-0.1, -0.05) is 40.7 Å². The SMILES string of the molecule is C[C@@H]1C[C@H]2[C@@H]3C[C@H](F)C4=CC(=O)C=C[C@]4(C)[C@@]3(F)[C@@H](O)C[C@]2(C)[C@@]1(OC(=O)OCC(C)(C)C)C(=O)OCC#N. The largest absolute Gasteiger partial charge is 0.509 e. The average molecular weight is 550 g/mol. The molecule has 0 spiro atoms. The predicted octanol–water partition coefficient (Wildman–Crippen LogP) is 4.56. The number of esters is 1. The van der Waals surface area contributed by atoms with Gasteiger partial charge in [0.1, 0.15) is 12.2 Å². The van der Waals surface area contributed by atoms with Crippen LogP contribution in [0.4, 0.5) is 13.6 Å². The monoisotopic (exact) mass is 549 g/mol. The summed E-state index contributed by atoms with van der Waals surface area (Å²) in [5, 5.41) is 20.6. The van der Waals surface area contributed by atoms with Crippen LogP contribution in [-0.2, 0) is 23.8 Å². The molecule has 0 aromatic rings. The number of halogens is 2. The van der Waals surface area contributed by atoms with E-state index in [1.165, 1.54) is 19.1 Å². The first-order valence-electron chi connectivity index (χ1n) is 13.3. The highest BCUT2D eigenvalue weighted by Gasteiger charge is 2.79. The number of nitriles is 1. The summed E-state index contributed by atoms with van der Waals surface area (Å²) in [5.74, 6) is -3.97. The van der Waals surface area contributed by atoms with Gasteiger partial charge >= 0.3 is 12.1 Å². The molecule has 0 aromatic heterocycles. The minimum absolute atomic E-state index is 0.00935. The fourth-order valence-corrected chi connectivity index (χ4v) is 7.86. The molecule has 1 N–H and O–H groups in total. The van der Waals surface area contributed by atoms with Crippen LogP contribution in [0.15, 0.2) is 23.8 Å². The molecule has 4 aliphatic carbocycles. The standard InChI is InChI=1S/C29H37F2NO7/c1-16-11-18-19-13-21(30)20-12-17(33)7-8-26(20,5)28(19,31)22(34)14-27(18,6)29(16,23(35)37-10-9-32)39-24(36)38-15-25(2,3)4/h7-8,12,16,18-19,21-22,34H,10-11,13-15H2,1-6H3/t16-,18+,19+,21+,22+,26+,27+,28+,29+/m1/s1. The van der Waals surface area contributed by atoms with E-state index in [4.69, 9.17) is 19.5 Å². The quantitative estimate of drug-likeness (QED) is 0.507. The topological polar surface area (TPSA) is 123 Å². The van der Waals surface area contributed by atoms with Crippen molar-refractivity contribution >= 4 is 17.9 Å². The molecule has 4 rings (SSSR count). The van der Waals surface area contributed by atoms with Gasteiger partial charge in [-0.15, -0.1) is 0 Å². The Kier molecular flexibility index (Phi) is 7.03. The lowest BCUT2D eigenvalue weighted by Crippen LogP contribution is -2.71. The summed E-state index contributed by atoms with van der Waals surface area (Å²) in [6.45, 7) is 9.68. The van der Waals surface area contributed by atoms with Crippen LogP contribution in [0.25, 0.3) is 0 Å². The normalized spacial score (nSPS) is 42.8. The van der Waals surface area contributed by atoms with Crippen LogP contribution < -0.4 is 0 Å². The van der Waals surface area contributed by atoms with Crippen molar-refractivity contribution in [3.8, 4) is 6.07 Å². The number of aliphatic hydroxyl groups excluding tert-OH is 1. The molecule has 0 bridgehead atoms. The molecule has 8 nitrogen and oxygen atoms in total. The number of rotatable bonds is 4. The number of ketones is 1. The average Bonchev–Trinajstić information content (AvgIpc) is 3.06. The molecule has 0 saturated heterocycles. The van der Waals surface area contributed by atoms with Gasteiger partial charge < -0.3 is 19.3 Å². The molecule has 4 aliphatic rings. The maximum atomic E-state index is 17.4. The lowest BCUT2D eigenvalue weighted by molar-refractivity contribution is -0.233. The third-order valence-corrected chi connectivity index (χ3v) is 9.61. The maximum absolute atomic E-state index is 17.4. The van der Waals surface area contributed by atoms with Crippen molar-refractivity contribution in [2.24, 2.45) is 34.0 Å². The lowest BCUT2D eigenvalue weighted by Gasteiger charge is -2.62. The molecule has 0 aromatic carbocycles. The van der Waals surface area contributed by atoms with E-state index in [0.717, 1.165) is 6.08 Å². The molecule has 10 heteroatoms. The summed E-state index contributed by atoms with van der Waals surface area (Å²) in [5.41, 5.74) is -7.76. The summed E-state index contributed by atoms with van der Waals surface area (Å²) in [4.78, 5) is 38.7. The van der Waals surface area contributed by atoms with Gasteiger partial charge in [0.2, 0.25) is 5.60 Å². The zero-order chi connectivity index (χ0) is 29.2. The first-order valence-corrected chi connectivity index (χ1v) is 13.3. The van der Waals surface area contributed by atoms with Crippen molar-refractivity contribution in [1.82, 2.24) is 0 Å². The van der Waals surface area contributed by atoms with Crippen LogP contribution in [0.3, 0.4) is 0 Å². The first-order chi connectivity index (χ1) is 18.0. The van der Waals surface area contributed by atoms with Crippen LogP contribution in [0.2, 0.25) is 0 Å². The van der Waals surface area contributed by atoms with Crippen molar-refractivity contribution in [2.75, 3.05) is 13.2 Å². The minimum Gasteiger partial charge on any atom is -0.447 e. The van der Waals surface area contributed by atoms with Gasteiger partial charge in [-0.05, 0) is 55.2 Å². The molecule has 214 valence electrons. The van der Waals surface area contributed by atoms with E-state index in [1.54, 1.807) is 19.9 Å². The number of hydrogen-bond donors (Lipinski definition) is 1. The van der Waals surface area contributed by atoms with Crippen molar-refractivity contribution in [3.05, 3.63) is 23.8 Å². The summed E-state index contributed by atoms with van der Waals surface area (Å²) < 4.78 is 49.5.